The molecule has 0 unspecified atom stereocenters. The van der Waals surface area contributed by atoms with Gasteiger partial charge in [0.2, 0.25) is 5.90 Å². The van der Waals surface area contributed by atoms with Crippen molar-refractivity contribution in [1.82, 2.24) is 0 Å². The fourth-order valence-electron chi connectivity index (χ4n) is 2.55. The minimum Gasteiger partial charge on any atom is -0.488 e. The Kier molecular flexibility index (Phi) is 3.78. The predicted octanol–water partition coefficient (Wildman–Crippen LogP) is 4.11. The minimum absolute atomic E-state index is 0.277. The van der Waals surface area contributed by atoms with E-state index >= 15 is 0 Å². The van der Waals surface area contributed by atoms with Crippen LogP contribution in [-0.4, -0.2) is 18.5 Å². The molecule has 2 aliphatic rings. The van der Waals surface area contributed by atoms with Gasteiger partial charge in [0.25, 0.3) is 0 Å². The van der Waals surface area contributed by atoms with Gasteiger partial charge in [-0.3, -0.25) is 0 Å². The Morgan fingerprint density at radius 3 is 2.88 bits per heavy atom. The number of rotatable bonds is 2. The average Bonchev–Trinajstić information content (AvgIpc) is 2.96. The number of carbonyl (C=O) groups excluding carboxylic acids is 1. The first kappa shape index (κ1) is 14.9. The van der Waals surface area contributed by atoms with Crippen LogP contribution in [0, 0.1) is 0 Å². The summed E-state index contributed by atoms with van der Waals surface area (Å²) in [4.78, 5) is 16.4. The maximum absolute atomic E-state index is 12.1. The zero-order chi connectivity index (χ0) is 16.5. The summed E-state index contributed by atoms with van der Waals surface area (Å²) in [6.45, 7) is 0.398. The largest absolute Gasteiger partial charge is 0.488 e. The van der Waals surface area contributed by atoms with E-state index in [1.54, 1.807) is 6.08 Å². The zero-order valence-electron chi connectivity index (χ0n) is 12.5. The lowest BCUT2D eigenvalue weighted by Gasteiger charge is -2.15. The third-order valence-corrected chi connectivity index (χ3v) is 4.16. The number of nitrogens with zero attached hydrogens (tertiary/aromatic N) is 1. The highest BCUT2D eigenvalue weighted by atomic mass is 79.9. The summed E-state index contributed by atoms with van der Waals surface area (Å²) >= 11 is 3.40. The van der Waals surface area contributed by atoms with E-state index in [-0.39, 0.29) is 5.70 Å². The predicted molar refractivity (Wildman–Crippen MR) is 94.8 cm³/mol. The Hall–Kier alpha value is -2.66. The Morgan fingerprint density at radius 1 is 1.12 bits per heavy atom. The van der Waals surface area contributed by atoms with E-state index in [1.165, 1.54) is 0 Å². The van der Waals surface area contributed by atoms with Crippen molar-refractivity contribution in [3.05, 3.63) is 81.5 Å². The molecule has 4 rings (SSSR count). The van der Waals surface area contributed by atoms with E-state index in [0.717, 1.165) is 26.9 Å². The minimum atomic E-state index is -0.454. The molecule has 0 N–H and O–H groups in total. The van der Waals surface area contributed by atoms with Crippen LogP contribution in [0.1, 0.15) is 11.1 Å². The lowest BCUT2D eigenvalue weighted by molar-refractivity contribution is -0.130. The molecule has 0 saturated heterocycles. The maximum Gasteiger partial charge on any atom is 0.363 e. The second-order valence-corrected chi connectivity index (χ2v) is 6.31. The zero-order valence-corrected chi connectivity index (χ0v) is 14.1. The van der Waals surface area contributed by atoms with Crippen LogP contribution in [0.4, 0.5) is 0 Å². The van der Waals surface area contributed by atoms with Crippen LogP contribution in [0.25, 0.3) is 6.08 Å². The highest BCUT2D eigenvalue weighted by Crippen LogP contribution is 2.27. The van der Waals surface area contributed by atoms with Gasteiger partial charge in [0.1, 0.15) is 12.4 Å². The number of carbonyl (C=O) groups is 1. The second-order valence-electron chi connectivity index (χ2n) is 5.39. The summed E-state index contributed by atoms with van der Waals surface area (Å²) in [6.07, 6.45) is 3.70. The van der Waals surface area contributed by atoms with Gasteiger partial charge < -0.3 is 9.47 Å². The van der Waals surface area contributed by atoms with Crippen molar-refractivity contribution in [2.24, 2.45) is 4.99 Å². The van der Waals surface area contributed by atoms with Gasteiger partial charge in [-0.15, -0.1) is 0 Å². The van der Waals surface area contributed by atoms with Gasteiger partial charge in [-0.2, -0.15) is 0 Å². The standard InChI is InChI=1S/C19H12BrNO3/c20-15-6-3-5-14(10-15)18-21-16(19(22)24-18)9-12-8-13-4-1-2-7-17(13)23-11-12/h1-10H,11H2/b16-9-. The number of cyclic esters (lactones) is 1. The SMILES string of the molecule is O=C1OC(c2cccc(Br)c2)=N/C1=C\C1=Cc2ccccc2OC1. The molecule has 5 heteroatoms. The Balaban J connectivity index is 1.66. The molecule has 0 aromatic heterocycles. The lowest BCUT2D eigenvalue weighted by atomic mass is 10.1. The van der Waals surface area contributed by atoms with E-state index < -0.39 is 5.97 Å². The van der Waals surface area contributed by atoms with Crippen LogP contribution >= 0.6 is 15.9 Å². The molecule has 0 atom stereocenters. The summed E-state index contributed by atoms with van der Waals surface area (Å²) in [5.74, 6) is 0.696. The van der Waals surface area contributed by atoms with Gasteiger partial charge in [-0.1, -0.05) is 40.2 Å². The summed E-state index contributed by atoms with van der Waals surface area (Å²) in [5, 5.41) is 0. The fraction of sp³-hybridized carbons (Fsp3) is 0.0526. The molecule has 0 amide bonds. The Morgan fingerprint density at radius 2 is 2.00 bits per heavy atom. The number of benzene rings is 2. The number of para-hydroxylation sites is 1. The smallest absolute Gasteiger partial charge is 0.363 e. The van der Waals surface area contributed by atoms with Crippen molar-refractivity contribution < 1.29 is 14.3 Å². The first-order valence-electron chi connectivity index (χ1n) is 7.40. The molecule has 2 aromatic rings. The monoisotopic (exact) mass is 381 g/mol. The molecular formula is C19H12BrNO3. The molecule has 118 valence electrons. The van der Waals surface area contributed by atoms with Crippen LogP contribution in [0.5, 0.6) is 5.75 Å². The highest BCUT2D eigenvalue weighted by molar-refractivity contribution is 9.10. The van der Waals surface area contributed by atoms with Crippen LogP contribution in [0.3, 0.4) is 0 Å². The molecule has 2 aromatic carbocycles. The average molecular weight is 382 g/mol. The molecule has 0 saturated carbocycles. The van der Waals surface area contributed by atoms with E-state index in [0.29, 0.717) is 12.5 Å². The van der Waals surface area contributed by atoms with Gasteiger partial charge >= 0.3 is 5.97 Å². The van der Waals surface area contributed by atoms with Gasteiger partial charge in [0.05, 0.1) is 0 Å². The second kappa shape index (κ2) is 6.09. The van der Waals surface area contributed by atoms with Crippen LogP contribution in [-0.2, 0) is 9.53 Å². The first-order chi connectivity index (χ1) is 11.7. The van der Waals surface area contributed by atoms with Gasteiger partial charge in [-0.05, 0) is 42.0 Å². The number of esters is 1. The molecular weight excluding hydrogens is 370 g/mol. The van der Waals surface area contributed by atoms with Gasteiger partial charge in [0.15, 0.2) is 5.70 Å². The molecule has 2 aliphatic heterocycles. The lowest BCUT2D eigenvalue weighted by Crippen LogP contribution is -2.08. The Bertz CT molecular complexity index is 928. The van der Waals surface area contributed by atoms with Crippen LogP contribution in [0.15, 0.2) is 75.3 Å². The van der Waals surface area contributed by atoms with Crippen molar-refractivity contribution in [3.8, 4) is 5.75 Å². The molecule has 0 spiro atoms. The van der Waals surface area contributed by atoms with Gasteiger partial charge in [0, 0.05) is 15.6 Å². The van der Waals surface area contributed by atoms with Gasteiger partial charge in [-0.25, -0.2) is 9.79 Å². The maximum atomic E-state index is 12.1. The van der Waals surface area contributed by atoms with Crippen molar-refractivity contribution in [2.75, 3.05) is 6.61 Å². The van der Waals surface area contributed by atoms with E-state index in [9.17, 15) is 4.79 Å². The molecule has 4 nitrogen and oxygen atoms in total. The highest BCUT2D eigenvalue weighted by Gasteiger charge is 2.25. The molecule has 2 heterocycles. The number of hydrogen-bond acceptors (Lipinski definition) is 4. The van der Waals surface area contributed by atoms with Crippen LogP contribution < -0.4 is 4.74 Å². The van der Waals surface area contributed by atoms with E-state index in [1.807, 2.05) is 54.6 Å². The van der Waals surface area contributed by atoms with E-state index in [4.69, 9.17) is 9.47 Å². The normalized spacial score (nSPS) is 17.7. The molecule has 0 aliphatic carbocycles. The fourth-order valence-corrected chi connectivity index (χ4v) is 2.95. The van der Waals surface area contributed by atoms with Crippen molar-refractivity contribution in [3.63, 3.8) is 0 Å². The third-order valence-electron chi connectivity index (χ3n) is 3.67. The number of ether oxygens (including phenoxy) is 2. The topological polar surface area (TPSA) is 47.9 Å². The number of halogens is 1. The number of aliphatic imine (C=N–C) groups is 1. The molecule has 0 fully saturated rings. The quantitative estimate of drug-likeness (QED) is 0.580. The summed E-state index contributed by atoms with van der Waals surface area (Å²) in [5.41, 5.74) is 2.89. The van der Waals surface area contributed by atoms with Crippen molar-refractivity contribution in [2.45, 2.75) is 0 Å². The molecule has 0 radical (unpaired) electrons. The van der Waals surface area contributed by atoms with Crippen LogP contribution in [0.2, 0.25) is 0 Å². The molecule has 0 bridgehead atoms. The summed E-state index contributed by atoms with van der Waals surface area (Å²) in [7, 11) is 0. The van der Waals surface area contributed by atoms with Crippen molar-refractivity contribution in [1.29, 1.82) is 0 Å². The van der Waals surface area contributed by atoms with E-state index in [2.05, 4.69) is 20.9 Å². The van der Waals surface area contributed by atoms with Crippen molar-refractivity contribution >= 4 is 33.9 Å². The number of hydrogen-bond donors (Lipinski definition) is 0. The Labute approximate surface area is 147 Å². The number of fused-ring (bicyclic) bond motifs is 1. The first-order valence-corrected chi connectivity index (χ1v) is 8.19. The third kappa shape index (κ3) is 2.90. The summed E-state index contributed by atoms with van der Waals surface area (Å²) in [6, 6.07) is 15.2. The summed E-state index contributed by atoms with van der Waals surface area (Å²) < 4.78 is 11.9. The molecule has 24 heavy (non-hydrogen) atoms.